The van der Waals surface area contributed by atoms with Crippen molar-refractivity contribution in [2.24, 2.45) is 0 Å². The minimum absolute atomic E-state index is 0.208. The SMILES string of the molecule is CC(=O)N1CCN(Cc2ccc3c(c2)CCCCC3)CC1. The Morgan fingerprint density at radius 2 is 1.71 bits per heavy atom. The van der Waals surface area contributed by atoms with E-state index in [0.717, 1.165) is 32.7 Å². The van der Waals surface area contributed by atoms with Crippen molar-refractivity contribution in [3.63, 3.8) is 0 Å². The number of hydrogen-bond acceptors (Lipinski definition) is 2. The highest BCUT2D eigenvalue weighted by molar-refractivity contribution is 5.73. The molecule has 0 unspecified atom stereocenters. The van der Waals surface area contributed by atoms with E-state index in [2.05, 4.69) is 23.1 Å². The first-order chi connectivity index (χ1) is 10.2. The lowest BCUT2D eigenvalue weighted by atomic mass is 10.00. The second kappa shape index (κ2) is 6.61. The number of fused-ring (bicyclic) bond motifs is 1. The molecule has 1 aliphatic heterocycles. The van der Waals surface area contributed by atoms with E-state index >= 15 is 0 Å². The van der Waals surface area contributed by atoms with Gasteiger partial charge in [0.15, 0.2) is 0 Å². The summed E-state index contributed by atoms with van der Waals surface area (Å²) < 4.78 is 0. The van der Waals surface area contributed by atoms with Gasteiger partial charge in [-0.15, -0.1) is 0 Å². The first kappa shape index (κ1) is 14.6. The quantitative estimate of drug-likeness (QED) is 0.780. The smallest absolute Gasteiger partial charge is 0.219 e. The lowest BCUT2D eigenvalue weighted by Gasteiger charge is -2.34. The number of carbonyl (C=O) groups excluding carboxylic acids is 1. The van der Waals surface area contributed by atoms with Gasteiger partial charge >= 0.3 is 0 Å². The number of benzene rings is 1. The molecule has 0 atom stereocenters. The van der Waals surface area contributed by atoms with Gasteiger partial charge in [-0.1, -0.05) is 24.6 Å². The summed E-state index contributed by atoms with van der Waals surface area (Å²) in [5, 5.41) is 0. The summed E-state index contributed by atoms with van der Waals surface area (Å²) in [6.07, 6.45) is 6.57. The first-order valence-electron chi connectivity index (χ1n) is 8.31. The van der Waals surface area contributed by atoms with E-state index in [9.17, 15) is 4.79 Å². The van der Waals surface area contributed by atoms with Crippen LogP contribution >= 0.6 is 0 Å². The van der Waals surface area contributed by atoms with Gasteiger partial charge in [0.05, 0.1) is 0 Å². The molecule has 1 aliphatic carbocycles. The molecule has 1 aromatic carbocycles. The maximum atomic E-state index is 11.4. The largest absolute Gasteiger partial charge is 0.340 e. The third-order valence-electron chi connectivity index (χ3n) is 4.89. The van der Waals surface area contributed by atoms with E-state index in [1.165, 1.54) is 37.7 Å². The second-order valence-corrected chi connectivity index (χ2v) is 6.45. The van der Waals surface area contributed by atoms with Crippen LogP contribution in [-0.4, -0.2) is 41.9 Å². The summed E-state index contributed by atoms with van der Waals surface area (Å²) in [5.41, 5.74) is 4.58. The molecule has 1 amide bonds. The van der Waals surface area contributed by atoms with Gasteiger partial charge in [-0.25, -0.2) is 0 Å². The van der Waals surface area contributed by atoms with Gasteiger partial charge in [0, 0.05) is 39.6 Å². The minimum Gasteiger partial charge on any atom is -0.340 e. The Hall–Kier alpha value is -1.35. The van der Waals surface area contributed by atoms with E-state index in [4.69, 9.17) is 0 Å². The molecule has 1 saturated heterocycles. The number of carbonyl (C=O) groups is 1. The topological polar surface area (TPSA) is 23.6 Å². The molecular weight excluding hydrogens is 260 g/mol. The van der Waals surface area contributed by atoms with Crippen molar-refractivity contribution in [2.45, 2.75) is 45.6 Å². The average Bonchev–Trinajstić information content (AvgIpc) is 2.72. The van der Waals surface area contributed by atoms with Gasteiger partial charge in [0.2, 0.25) is 5.91 Å². The molecule has 0 saturated carbocycles. The molecule has 3 nitrogen and oxygen atoms in total. The van der Waals surface area contributed by atoms with Crippen LogP contribution in [0.3, 0.4) is 0 Å². The van der Waals surface area contributed by atoms with Gasteiger partial charge in [0.1, 0.15) is 0 Å². The van der Waals surface area contributed by atoms with E-state index < -0.39 is 0 Å². The Morgan fingerprint density at radius 3 is 2.43 bits per heavy atom. The summed E-state index contributed by atoms with van der Waals surface area (Å²) >= 11 is 0. The molecule has 0 aromatic heterocycles. The number of rotatable bonds is 2. The lowest BCUT2D eigenvalue weighted by Crippen LogP contribution is -2.47. The van der Waals surface area contributed by atoms with Crippen molar-refractivity contribution in [1.29, 1.82) is 0 Å². The zero-order valence-electron chi connectivity index (χ0n) is 13.1. The van der Waals surface area contributed by atoms with Gasteiger partial charge in [-0.05, 0) is 42.4 Å². The zero-order chi connectivity index (χ0) is 14.7. The predicted molar refractivity (Wildman–Crippen MR) is 85.2 cm³/mol. The van der Waals surface area contributed by atoms with Gasteiger partial charge in [0.25, 0.3) is 0 Å². The van der Waals surface area contributed by atoms with Crippen molar-refractivity contribution in [1.82, 2.24) is 9.80 Å². The number of aryl methyl sites for hydroxylation is 2. The molecule has 0 radical (unpaired) electrons. The average molecular weight is 286 g/mol. The molecule has 2 aliphatic rings. The van der Waals surface area contributed by atoms with Gasteiger partial charge in [-0.2, -0.15) is 0 Å². The Bertz CT molecular complexity index is 504. The highest BCUT2D eigenvalue weighted by atomic mass is 16.2. The fourth-order valence-corrected chi connectivity index (χ4v) is 3.54. The van der Waals surface area contributed by atoms with Crippen molar-refractivity contribution in [3.8, 4) is 0 Å². The molecule has 0 spiro atoms. The van der Waals surface area contributed by atoms with Gasteiger partial charge < -0.3 is 4.90 Å². The second-order valence-electron chi connectivity index (χ2n) is 6.45. The molecule has 0 bridgehead atoms. The summed E-state index contributed by atoms with van der Waals surface area (Å²) in [5.74, 6) is 0.208. The third-order valence-corrected chi connectivity index (χ3v) is 4.89. The molecule has 1 aromatic rings. The first-order valence-corrected chi connectivity index (χ1v) is 8.31. The normalized spacial score (nSPS) is 20.0. The molecular formula is C18H26N2O. The van der Waals surface area contributed by atoms with Crippen LogP contribution in [-0.2, 0) is 24.2 Å². The monoisotopic (exact) mass is 286 g/mol. The van der Waals surface area contributed by atoms with Crippen LogP contribution in [0.1, 0.15) is 42.9 Å². The van der Waals surface area contributed by atoms with Crippen LogP contribution in [0.25, 0.3) is 0 Å². The van der Waals surface area contributed by atoms with Crippen LogP contribution in [0.15, 0.2) is 18.2 Å². The number of amides is 1. The molecule has 3 heteroatoms. The zero-order valence-corrected chi connectivity index (χ0v) is 13.1. The Kier molecular flexibility index (Phi) is 4.59. The van der Waals surface area contributed by atoms with Crippen molar-refractivity contribution < 1.29 is 4.79 Å². The van der Waals surface area contributed by atoms with Gasteiger partial charge in [-0.3, -0.25) is 9.69 Å². The summed E-state index contributed by atoms with van der Waals surface area (Å²) in [6, 6.07) is 7.08. The highest BCUT2D eigenvalue weighted by Crippen LogP contribution is 2.22. The number of piperazine rings is 1. The molecule has 3 rings (SSSR count). The minimum atomic E-state index is 0.208. The maximum absolute atomic E-state index is 11.4. The third kappa shape index (κ3) is 3.65. The maximum Gasteiger partial charge on any atom is 0.219 e. The predicted octanol–water partition coefficient (Wildman–Crippen LogP) is 2.62. The summed E-state index contributed by atoms with van der Waals surface area (Å²) in [4.78, 5) is 15.8. The number of nitrogens with zero attached hydrogens (tertiary/aromatic N) is 2. The van der Waals surface area contributed by atoms with E-state index in [0.29, 0.717) is 0 Å². The highest BCUT2D eigenvalue weighted by Gasteiger charge is 2.18. The Balaban J connectivity index is 1.61. The van der Waals surface area contributed by atoms with Crippen LogP contribution in [0, 0.1) is 0 Å². The Morgan fingerprint density at radius 1 is 1.00 bits per heavy atom. The van der Waals surface area contributed by atoms with E-state index in [1.807, 2.05) is 4.90 Å². The standard InChI is InChI=1S/C18H26N2O/c1-15(21)20-11-9-19(10-12-20)14-16-7-8-17-5-3-2-4-6-18(17)13-16/h7-8,13H,2-6,9-12,14H2,1H3. The van der Waals surface area contributed by atoms with Crippen molar-refractivity contribution in [3.05, 3.63) is 34.9 Å². The van der Waals surface area contributed by atoms with Crippen LogP contribution < -0.4 is 0 Å². The fraction of sp³-hybridized carbons (Fsp3) is 0.611. The van der Waals surface area contributed by atoms with Crippen LogP contribution in [0.4, 0.5) is 0 Å². The van der Waals surface area contributed by atoms with E-state index in [-0.39, 0.29) is 5.91 Å². The van der Waals surface area contributed by atoms with E-state index in [1.54, 1.807) is 18.1 Å². The van der Waals surface area contributed by atoms with Crippen molar-refractivity contribution in [2.75, 3.05) is 26.2 Å². The van der Waals surface area contributed by atoms with Crippen LogP contribution in [0.2, 0.25) is 0 Å². The molecule has 21 heavy (non-hydrogen) atoms. The van der Waals surface area contributed by atoms with Crippen molar-refractivity contribution >= 4 is 5.91 Å². The molecule has 1 heterocycles. The van der Waals surface area contributed by atoms with Crippen LogP contribution in [0.5, 0.6) is 0 Å². The lowest BCUT2D eigenvalue weighted by molar-refractivity contribution is -0.130. The fourth-order valence-electron chi connectivity index (χ4n) is 3.54. The summed E-state index contributed by atoms with van der Waals surface area (Å²) in [6.45, 7) is 6.44. The molecule has 0 N–H and O–H groups in total. The Labute approximate surface area is 127 Å². The molecule has 114 valence electrons. The summed E-state index contributed by atoms with van der Waals surface area (Å²) in [7, 11) is 0. The molecule has 1 fully saturated rings. The number of hydrogen-bond donors (Lipinski definition) is 0.